The molecule has 1 aliphatic heterocycles. The van der Waals surface area contributed by atoms with Crippen molar-refractivity contribution in [2.45, 2.75) is 19.8 Å². The van der Waals surface area contributed by atoms with Crippen LogP contribution in [0.15, 0.2) is 18.3 Å². The molecule has 5 nitrogen and oxygen atoms in total. The van der Waals surface area contributed by atoms with Crippen LogP contribution in [0.2, 0.25) is 0 Å². The molecule has 1 N–H and O–H groups in total. The number of nitrogens with one attached hydrogen (secondary N) is 1. The molecule has 20 heavy (non-hydrogen) atoms. The Labute approximate surface area is 118 Å². The first-order valence-electron chi connectivity index (χ1n) is 6.96. The highest BCUT2D eigenvalue weighted by atomic mass is 16.5. The normalized spacial score (nSPS) is 18.6. The molecule has 2 aromatic heterocycles. The Hall–Kier alpha value is -1.88. The molecule has 0 aliphatic carbocycles. The molecule has 2 aromatic rings. The van der Waals surface area contributed by atoms with Gasteiger partial charge in [-0.05, 0) is 44.0 Å². The minimum Gasteiger partial charge on any atom is -0.464 e. The standard InChI is InChI=1S/C15H19N3O2/c1-10-4-3-7-18-12(8-11-5-6-16-9-11)17-13(14(10)18)15(19)20-2/h3-4,7,11,16H,5-6,8-9H2,1-2H3. The Bertz CT molecular complexity index is 642. The maximum absolute atomic E-state index is 11.9. The Morgan fingerprint density at radius 2 is 2.45 bits per heavy atom. The van der Waals surface area contributed by atoms with Crippen LogP contribution < -0.4 is 5.32 Å². The number of aryl methyl sites for hydroxylation is 1. The van der Waals surface area contributed by atoms with Crippen molar-refractivity contribution in [1.82, 2.24) is 14.7 Å². The second kappa shape index (κ2) is 5.25. The Morgan fingerprint density at radius 1 is 1.60 bits per heavy atom. The van der Waals surface area contributed by atoms with E-state index in [1.165, 1.54) is 7.11 Å². The molecule has 5 heteroatoms. The Morgan fingerprint density at radius 3 is 3.15 bits per heavy atom. The fourth-order valence-electron chi connectivity index (χ4n) is 2.90. The van der Waals surface area contributed by atoms with Crippen LogP contribution in [0.25, 0.3) is 5.52 Å². The molecular weight excluding hydrogens is 254 g/mol. The molecule has 0 aromatic carbocycles. The van der Waals surface area contributed by atoms with E-state index >= 15 is 0 Å². The minimum atomic E-state index is -0.368. The summed E-state index contributed by atoms with van der Waals surface area (Å²) >= 11 is 0. The van der Waals surface area contributed by atoms with Crippen molar-refractivity contribution in [3.8, 4) is 0 Å². The van der Waals surface area contributed by atoms with Gasteiger partial charge in [0, 0.05) is 12.6 Å². The first-order valence-corrected chi connectivity index (χ1v) is 6.96. The van der Waals surface area contributed by atoms with Gasteiger partial charge in [0.15, 0.2) is 5.69 Å². The van der Waals surface area contributed by atoms with Gasteiger partial charge < -0.3 is 14.5 Å². The van der Waals surface area contributed by atoms with Crippen molar-refractivity contribution in [3.05, 3.63) is 35.4 Å². The van der Waals surface area contributed by atoms with E-state index in [1.807, 2.05) is 29.7 Å². The molecule has 3 heterocycles. The van der Waals surface area contributed by atoms with Crippen molar-refractivity contribution >= 4 is 11.5 Å². The smallest absolute Gasteiger partial charge is 0.358 e. The Balaban J connectivity index is 2.07. The third-order valence-electron chi connectivity index (χ3n) is 3.95. The van der Waals surface area contributed by atoms with Crippen LogP contribution in [0.3, 0.4) is 0 Å². The quantitative estimate of drug-likeness (QED) is 0.863. The highest BCUT2D eigenvalue weighted by molar-refractivity contribution is 5.96. The first kappa shape index (κ1) is 13.1. The number of fused-ring (bicyclic) bond motifs is 1. The largest absolute Gasteiger partial charge is 0.464 e. The number of imidazole rings is 1. The maximum Gasteiger partial charge on any atom is 0.358 e. The summed E-state index contributed by atoms with van der Waals surface area (Å²) in [6.07, 6.45) is 4.02. The lowest BCUT2D eigenvalue weighted by Crippen LogP contribution is -2.12. The van der Waals surface area contributed by atoms with Gasteiger partial charge in [-0.1, -0.05) is 6.07 Å². The second-order valence-electron chi connectivity index (χ2n) is 5.34. The summed E-state index contributed by atoms with van der Waals surface area (Å²) in [7, 11) is 1.40. The summed E-state index contributed by atoms with van der Waals surface area (Å²) < 4.78 is 6.88. The molecule has 1 aliphatic rings. The SMILES string of the molecule is COC(=O)c1nc(CC2CCNC2)n2cccc(C)c12. The minimum absolute atomic E-state index is 0.368. The van der Waals surface area contributed by atoms with Crippen molar-refractivity contribution in [2.24, 2.45) is 5.92 Å². The van der Waals surface area contributed by atoms with Crippen LogP contribution in [-0.4, -0.2) is 35.6 Å². The van der Waals surface area contributed by atoms with Crippen molar-refractivity contribution in [3.63, 3.8) is 0 Å². The number of esters is 1. The van der Waals surface area contributed by atoms with Gasteiger partial charge in [-0.25, -0.2) is 9.78 Å². The summed E-state index contributed by atoms with van der Waals surface area (Å²) in [5.74, 6) is 1.16. The number of hydrogen-bond acceptors (Lipinski definition) is 4. The van der Waals surface area contributed by atoms with Crippen LogP contribution in [0.1, 0.15) is 28.3 Å². The van der Waals surface area contributed by atoms with Gasteiger partial charge in [0.1, 0.15) is 5.82 Å². The average Bonchev–Trinajstić information content (AvgIpc) is 3.08. The van der Waals surface area contributed by atoms with Crippen molar-refractivity contribution in [2.75, 3.05) is 20.2 Å². The van der Waals surface area contributed by atoms with E-state index < -0.39 is 0 Å². The predicted octanol–water partition coefficient (Wildman–Crippen LogP) is 1.58. The summed E-state index contributed by atoms with van der Waals surface area (Å²) in [5, 5.41) is 3.36. The second-order valence-corrected chi connectivity index (χ2v) is 5.34. The number of carbonyl (C=O) groups excluding carboxylic acids is 1. The number of rotatable bonds is 3. The number of ether oxygens (including phenoxy) is 1. The lowest BCUT2D eigenvalue weighted by molar-refractivity contribution is 0.0596. The predicted molar refractivity (Wildman–Crippen MR) is 75.9 cm³/mol. The summed E-state index contributed by atoms with van der Waals surface area (Å²) in [6, 6.07) is 3.98. The first-order chi connectivity index (χ1) is 9.70. The molecule has 1 atom stereocenters. The van der Waals surface area contributed by atoms with Gasteiger partial charge in [-0.2, -0.15) is 0 Å². The number of aromatic nitrogens is 2. The van der Waals surface area contributed by atoms with Crippen LogP contribution in [0.4, 0.5) is 0 Å². The highest BCUT2D eigenvalue weighted by Gasteiger charge is 2.22. The fourth-order valence-corrected chi connectivity index (χ4v) is 2.90. The Kier molecular flexibility index (Phi) is 3.44. The zero-order valence-corrected chi connectivity index (χ0v) is 11.8. The number of nitrogens with zero attached hydrogens (tertiary/aromatic N) is 2. The molecule has 1 saturated heterocycles. The molecule has 0 bridgehead atoms. The highest BCUT2D eigenvalue weighted by Crippen LogP contribution is 2.21. The van der Waals surface area contributed by atoms with E-state index in [9.17, 15) is 4.79 Å². The van der Waals surface area contributed by atoms with E-state index in [-0.39, 0.29) is 5.97 Å². The molecule has 0 radical (unpaired) electrons. The van der Waals surface area contributed by atoms with Gasteiger partial charge in [-0.3, -0.25) is 0 Å². The monoisotopic (exact) mass is 273 g/mol. The number of hydrogen-bond donors (Lipinski definition) is 1. The number of methoxy groups -OCH3 is 1. The van der Waals surface area contributed by atoms with Gasteiger partial charge in [0.2, 0.25) is 0 Å². The lowest BCUT2D eigenvalue weighted by atomic mass is 10.0. The maximum atomic E-state index is 11.9. The van der Waals surface area contributed by atoms with Crippen LogP contribution >= 0.6 is 0 Å². The molecule has 0 spiro atoms. The summed E-state index contributed by atoms with van der Waals surface area (Å²) in [4.78, 5) is 16.5. The van der Waals surface area contributed by atoms with E-state index in [1.54, 1.807) is 0 Å². The molecule has 1 unspecified atom stereocenters. The van der Waals surface area contributed by atoms with Gasteiger partial charge in [0.25, 0.3) is 0 Å². The zero-order chi connectivity index (χ0) is 14.1. The summed E-state index contributed by atoms with van der Waals surface area (Å²) in [6.45, 7) is 4.08. The van der Waals surface area contributed by atoms with E-state index in [0.29, 0.717) is 11.6 Å². The molecule has 3 rings (SSSR count). The summed E-state index contributed by atoms with van der Waals surface area (Å²) in [5.41, 5.74) is 2.32. The molecule has 0 saturated carbocycles. The molecule has 106 valence electrons. The number of pyridine rings is 1. The van der Waals surface area contributed by atoms with Gasteiger partial charge in [-0.15, -0.1) is 0 Å². The van der Waals surface area contributed by atoms with E-state index in [0.717, 1.165) is 42.8 Å². The molecule has 0 amide bonds. The van der Waals surface area contributed by atoms with Gasteiger partial charge in [0.05, 0.1) is 12.6 Å². The molecule has 1 fully saturated rings. The zero-order valence-electron chi connectivity index (χ0n) is 11.8. The number of carbonyl (C=O) groups is 1. The van der Waals surface area contributed by atoms with Crippen LogP contribution in [0, 0.1) is 12.8 Å². The van der Waals surface area contributed by atoms with E-state index in [2.05, 4.69) is 10.3 Å². The van der Waals surface area contributed by atoms with Crippen molar-refractivity contribution in [1.29, 1.82) is 0 Å². The third-order valence-corrected chi connectivity index (χ3v) is 3.95. The molecular formula is C15H19N3O2. The average molecular weight is 273 g/mol. The fraction of sp³-hybridized carbons (Fsp3) is 0.467. The third kappa shape index (κ3) is 2.18. The van der Waals surface area contributed by atoms with Crippen LogP contribution in [-0.2, 0) is 11.2 Å². The van der Waals surface area contributed by atoms with E-state index in [4.69, 9.17) is 4.74 Å². The van der Waals surface area contributed by atoms with Crippen LogP contribution in [0.5, 0.6) is 0 Å². The van der Waals surface area contributed by atoms with Crippen molar-refractivity contribution < 1.29 is 9.53 Å². The topological polar surface area (TPSA) is 55.6 Å². The van der Waals surface area contributed by atoms with Gasteiger partial charge >= 0.3 is 5.97 Å². The lowest BCUT2D eigenvalue weighted by Gasteiger charge is -2.07.